The summed E-state index contributed by atoms with van der Waals surface area (Å²) in [6, 6.07) is 6.90. The van der Waals surface area contributed by atoms with Gasteiger partial charge in [-0.15, -0.1) is 0 Å². The molecule has 5 heteroatoms. The summed E-state index contributed by atoms with van der Waals surface area (Å²) < 4.78 is 19.5. The van der Waals surface area contributed by atoms with Crippen LogP contribution in [0.25, 0.3) is 0 Å². The van der Waals surface area contributed by atoms with Gasteiger partial charge >= 0.3 is 6.03 Å². The van der Waals surface area contributed by atoms with Gasteiger partial charge < -0.3 is 15.0 Å². The Labute approximate surface area is 136 Å². The normalized spacial score (nSPS) is 28.3. The molecule has 2 aliphatic heterocycles. The minimum atomic E-state index is -0.200. The van der Waals surface area contributed by atoms with E-state index >= 15 is 0 Å². The molecule has 1 N–H and O–H groups in total. The minimum absolute atomic E-state index is 0.0172. The van der Waals surface area contributed by atoms with Crippen molar-refractivity contribution in [1.29, 1.82) is 0 Å². The molecular weight excluding hydrogens is 295 g/mol. The van der Waals surface area contributed by atoms with E-state index in [0.717, 1.165) is 57.6 Å². The number of halogens is 1. The topological polar surface area (TPSA) is 41.6 Å². The first-order chi connectivity index (χ1) is 11.1. The van der Waals surface area contributed by atoms with E-state index in [4.69, 9.17) is 4.74 Å². The fourth-order valence-corrected chi connectivity index (χ4v) is 4.02. The van der Waals surface area contributed by atoms with Crippen molar-refractivity contribution >= 4 is 6.03 Å². The van der Waals surface area contributed by atoms with Crippen LogP contribution in [0.4, 0.5) is 9.18 Å². The van der Waals surface area contributed by atoms with Gasteiger partial charge in [0, 0.05) is 37.1 Å². The van der Waals surface area contributed by atoms with Gasteiger partial charge in [-0.3, -0.25) is 0 Å². The summed E-state index contributed by atoms with van der Waals surface area (Å²) in [6.45, 7) is 3.68. The number of rotatable bonds is 3. The Morgan fingerprint density at radius 2 is 2.09 bits per heavy atom. The third kappa shape index (κ3) is 2.71. The minimum Gasteiger partial charge on any atom is -0.381 e. The maximum atomic E-state index is 14.0. The first-order valence-electron chi connectivity index (χ1n) is 8.48. The molecule has 2 heterocycles. The summed E-state index contributed by atoms with van der Waals surface area (Å²) in [6.07, 6.45) is 3.95. The number of benzene rings is 1. The van der Waals surface area contributed by atoms with Crippen molar-refractivity contribution in [3.8, 4) is 0 Å². The maximum Gasteiger partial charge on any atom is 0.317 e. The van der Waals surface area contributed by atoms with Crippen LogP contribution in [0, 0.1) is 11.2 Å². The van der Waals surface area contributed by atoms with E-state index in [2.05, 4.69) is 5.32 Å². The van der Waals surface area contributed by atoms with Gasteiger partial charge in [-0.25, -0.2) is 9.18 Å². The van der Waals surface area contributed by atoms with Gasteiger partial charge in [0.25, 0.3) is 0 Å². The van der Waals surface area contributed by atoms with Crippen LogP contribution in [0.2, 0.25) is 0 Å². The first kappa shape index (κ1) is 14.9. The highest BCUT2D eigenvalue weighted by atomic mass is 19.1. The van der Waals surface area contributed by atoms with E-state index in [0.29, 0.717) is 6.54 Å². The lowest BCUT2D eigenvalue weighted by Crippen LogP contribution is -2.43. The van der Waals surface area contributed by atoms with Crippen LogP contribution in [0.3, 0.4) is 0 Å². The molecule has 2 saturated heterocycles. The fraction of sp³-hybridized carbons (Fsp3) is 0.611. The number of urea groups is 1. The zero-order valence-electron chi connectivity index (χ0n) is 13.3. The summed E-state index contributed by atoms with van der Waals surface area (Å²) in [4.78, 5) is 14.4. The van der Waals surface area contributed by atoms with E-state index in [9.17, 15) is 9.18 Å². The molecule has 1 atom stereocenters. The monoisotopic (exact) mass is 318 g/mol. The Morgan fingerprint density at radius 1 is 1.26 bits per heavy atom. The van der Waals surface area contributed by atoms with Gasteiger partial charge in [0.15, 0.2) is 0 Å². The molecule has 1 saturated carbocycles. The van der Waals surface area contributed by atoms with E-state index in [-0.39, 0.29) is 22.7 Å². The zero-order chi connectivity index (χ0) is 15.9. The van der Waals surface area contributed by atoms with E-state index in [1.165, 1.54) is 6.07 Å². The Balaban J connectivity index is 1.36. The van der Waals surface area contributed by atoms with Crippen LogP contribution in [0.1, 0.15) is 31.2 Å². The Hall–Kier alpha value is -1.62. The SMILES string of the molecule is O=C(NCC1(c2ccccc2F)CC1)N1CC[C@]2(CCOC2)C1. The number of hydrogen-bond acceptors (Lipinski definition) is 2. The van der Waals surface area contributed by atoms with Crippen LogP contribution in [-0.4, -0.2) is 43.8 Å². The van der Waals surface area contributed by atoms with Crippen LogP contribution < -0.4 is 5.32 Å². The summed E-state index contributed by atoms with van der Waals surface area (Å²) >= 11 is 0. The third-order valence-corrected chi connectivity index (χ3v) is 5.79. The lowest BCUT2D eigenvalue weighted by atomic mass is 9.87. The molecule has 4 nitrogen and oxygen atoms in total. The molecule has 0 aromatic heterocycles. The Morgan fingerprint density at radius 3 is 2.78 bits per heavy atom. The van der Waals surface area contributed by atoms with Gasteiger partial charge in [-0.05, 0) is 37.3 Å². The number of nitrogens with one attached hydrogen (secondary N) is 1. The van der Waals surface area contributed by atoms with Gasteiger partial charge in [-0.2, -0.15) is 0 Å². The lowest BCUT2D eigenvalue weighted by molar-refractivity contribution is 0.152. The summed E-state index contributed by atoms with van der Waals surface area (Å²) in [5.41, 5.74) is 0.720. The van der Waals surface area contributed by atoms with Crippen molar-refractivity contribution in [2.75, 3.05) is 32.8 Å². The summed E-state index contributed by atoms with van der Waals surface area (Å²) in [5, 5.41) is 3.04. The quantitative estimate of drug-likeness (QED) is 0.931. The fourth-order valence-electron chi connectivity index (χ4n) is 4.02. The standard InChI is InChI=1S/C18H23FN2O2/c19-15-4-2-1-3-14(15)18(5-6-18)11-20-16(22)21-9-7-17(12-21)8-10-23-13-17/h1-4H,5-13H2,(H,20,22)/t17-/m0/s1. The number of amides is 2. The lowest BCUT2D eigenvalue weighted by Gasteiger charge is -2.24. The predicted octanol–water partition coefficient (Wildman–Crippen LogP) is 2.68. The molecule has 0 unspecified atom stereocenters. The Bertz CT molecular complexity index is 609. The van der Waals surface area contributed by atoms with E-state index in [1.807, 2.05) is 17.0 Å². The van der Waals surface area contributed by atoms with Crippen molar-refractivity contribution in [3.05, 3.63) is 35.6 Å². The number of nitrogens with zero attached hydrogens (tertiary/aromatic N) is 1. The number of carbonyl (C=O) groups excluding carboxylic acids is 1. The largest absolute Gasteiger partial charge is 0.381 e. The average Bonchev–Trinajstić information content (AvgIpc) is 3.02. The van der Waals surface area contributed by atoms with Crippen LogP contribution in [0.15, 0.2) is 24.3 Å². The smallest absolute Gasteiger partial charge is 0.317 e. The van der Waals surface area contributed by atoms with Crippen LogP contribution in [-0.2, 0) is 10.2 Å². The van der Waals surface area contributed by atoms with Crippen LogP contribution in [0.5, 0.6) is 0 Å². The average molecular weight is 318 g/mol. The zero-order valence-corrected chi connectivity index (χ0v) is 13.3. The Kier molecular flexibility index (Phi) is 3.56. The predicted molar refractivity (Wildman–Crippen MR) is 84.8 cm³/mol. The summed E-state index contributed by atoms with van der Waals surface area (Å²) in [5.74, 6) is -0.164. The number of likely N-dealkylation sites (tertiary alicyclic amines) is 1. The third-order valence-electron chi connectivity index (χ3n) is 5.79. The van der Waals surface area contributed by atoms with Gasteiger partial charge in [0.1, 0.15) is 5.82 Å². The number of ether oxygens (including phenoxy) is 1. The van der Waals surface area contributed by atoms with Crippen molar-refractivity contribution in [2.45, 2.75) is 31.1 Å². The molecule has 0 bridgehead atoms. The van der Waals surface area contributed by atoms with Gasteiger partial charge in [0.2, 0.25) is 0 Å². The molecule has 124 valence electrons. The molecule has 23 heavy (non-hydrogen) atoms. The van der Waals surface area contributed by atoms with Gasteiger partial charge in [-0.1, -0.05) is 18.2 Å². The van der Waals surface area contributed by atoms with Gasteiger partial charge in [0.05, 0.1) is 6.61 Å². The molecule has 3 aliphatic rings. The number of hydrogen-bond donors (Lipinski definition) is 1. The molecule has 1 aliphatic carbocycles. The van der Waals surface area contributed by atoms with Crippen molar-refractivity contribution in [3.63, 3.8) is 0 Å². The molecule has 2 amide bonds. The van der Waals surface area contributed by atoms with Crippen molar-refractivity contribution in [1.82, 2.24) is 10.2 Å². The highest BCUT2D eigenvalue weighted by Gasteiger charge is 2.47. The molecule has 4 rings (SSSR count). The maximum absolute atomic E-state index is 14.0. The van der Waals surface area contributed by atoms with Crippen molar-refractivity contribution < 1.29 is 13.9 Å². The second-order valence-corrected chi connectivity index (χ2v) is 7.39. The van der Waals surface area contributed by atoms with E-state index < -0.39 is 0 Å². The molecule has 1 spiro atoms. The second-order valence-electron chi connectivity index (χ2n) is 7.39. The highest BCUT2D eigenvalue weighted by molar-refractivity contribution is 5.75. The molecule has 1 aromatic carbocycles. The second kappa shape index (κ2) is 5.48. The molecule has 1 aromatic rings. The highest BCUT2D eigenvalue weighted by Crippen LogP contribution is 2.48. The summed E-state index contributed by atoms with van der Waals surface area (Å²) in [7, 11) is 0. The first-order valence-corrected chi connectivity index (χ1v) is 8.48. The molecule has 3 fully saturated rings. The molecular formula is C18H23FN2O2. The van der Waals surface area contributed by atoms with Crippen molar-refractivity contribution in [2.24, 2.45) is 5.41 Å². The van der Waals surface area contributed by atoms with Crippen LogP contribution >= 0.6 is 0 Å². The van der Waals surface area contributed by atoms with E-state index in [1.54, 1.807) is 6.07 Å². The molecule has 0 radical (unpaired) electrons. The number of carbonyl (C=O) groups is 1.